The number of piperidine rings is 1. The normalized spacial score (nSPS) is 14.5. The molecule has 0 saturated carbocycles. The fraction of sp³-hybridized carbons (Fsp3) is 0.409. The molecule has 1 heterocycles. The molecule has 162 valence electrons. The zero-order valence-corrected chi connectivity index (χ0v) is 19.1. The molecule has 1 saturated heterocycles. The van der Waals surface area contributed by atoms with Gasteiger partial charge in [0.25, 0.3) is 10.0 Å². The van der Waals surface area contributed by atoms with Crippen LogP contribution in [0.25, 0.3) is 0 Å². The van der Waals surface area contributed by atoms with Gasteiger partial charge in [0.2, 0.25) is 5.91 Å². The second-order valence-electron chi connectivity index (χ2n) is 7.54. The van der Waals surface area contributed by atoms with Crippen LogP contribution < -0.4 is 9.04 Å². The quantitative estimate of drug-likeness (QED) is 0.662. The van der Waals surface area contributed by atoms with Crippen LogP contribution in [-0.4, -0.2) is 46.0 Å². The number of hydrogen-bond acceptors (Lipinski definition) is 4. The van der Waals surface area contributed by atoms with Crippen molar-refractivity contribution in [2.45, 2.75) is 38.0 Å². The van der Waals surface area contributed by atoms with Gasteiger partial charge in [-0.3, -0.25) is 9.10 Å². The van der Waals surface area contributed by atoms with Crippen molar-refractivity contribution < 1.29 is 17.9 Å². The maximum Gasteiger partial charge on any atom is 0.268 e. The van der Waals surface area contributed by atoms with Gasteiger partial charge in [-0.1, -0.05) is 23.7 Å². The van der Waals surface area contributed by atoms with Gasteiger partial charge in [-0.05, 0) is 68.5 Å². The van der Waals surface area contributed by atoms with Crippen LogP contribution in [0.2, 0.25) is 5.02 Å². The Morgan fingerprint density at radius 3 is 2.43 bits per heavy atom. The van der Waals surface area contributed by atoms with E-state index in [1.807, 2.05) is 13.8 Å². The Kier molecular flexibility index (Phi) is 6.93. The highest BCUT2D eigenvalue weighted by molar-refractivity contribution is 7.93. The van der Waals surface area contributed by atoms with Crippen molar-refractivity contribution in [3.8, 4) is 5.75 Å². The molecule has 0 radical (unpaired) electrons. The SMILES string of the molecule is COc1ccc(C)cc1S(=O)(=O)N(CC(=O)N1CCCCC1)c1ccc(C)c(Cl)c1. The molecule has 0 aliphatic carbocycles. The third kappa shape index (κ3) is 4.73. The molecule has 0 unspecified atom stereocenters. The van der Waals surface area contributed by atoms with E-state index in [0.29, 0.717) is 23.8 Å². The van der Waals surface area contributed by atoms with E-state index in [1.165, 1.54) is 7.11 Å². The molecule has 2 aromatic rings. The van der Waals surface area contributed by atoms with Crippen LogP contribution in [0.15, 0.2) is 41.3 Å². The van der Waals surface area contributed by atoms with Crippen LogP contribution >= 0.6 is 11.6 Å². The molecule has 2 aromatic carbocycles. The summed E-state index contributed by atoms with van der Waals surface area (Å²) in [4.78, 5) is 14.7. The molecule has 0 aromatic heterocycles. The Morgan fingerprint density at radius 1 is 1.10 bits per heavy atom. The number of methoxy groups -OCH3 is 1. The molecule has 0 bridgehead atoms. The van der Waals surface area contributed by atoms with E-state index >= 15 is 0 Å². The van der Waals surface area contributed by atoms with Crippen LogP contribution in [0.1, 0.15) is 30.4 Å². The van der Waals surface area contributed by atoms with Crippen LogP contribution in [0, 0.1) is 13.8 Å². The summed E-state index contributed by atoms with van der Waals surface area (Å²) in [6, 6.07) is 9.96. The number of hydrogen-bond donors (Lipinski definition) is 0. The number of rotatable bonds is 6. The fourth-order valence-electron chi connectivity index (χ4n) is 3.52. The number of likely N-dealkylation sites (tertiary alicyclic amines) is 1. The van der Waals surface area contributed by atoms with Gasteiger partial charge in [0.1, 0.15) is 17.2 Å². The number of carbonyl (C=O) groups excluding carboxylic acids is 1. The van der Waals surface area contributed by atoms with Crippen molar-refractivity contribution >= 4 is 33.2 Å². The predicted octanol–water partition coefficient (Wildman–Crippen LogP) is 4.17. The Hall–Kier alpha value is -2.25. The number of aryl methyl sites for hydroxylation is 2. The van der Waals surface area contributed by atoms with Crippen LogP contribution in [0.5, 0.6) is 5.75 Å². The lowest BCUT2D eigenvalue weighted by molar-refractivity contribution is -0.130. The Bertz CT molecular complexity index is 1030. The van der Waals surface area contributed by atoms with Gasteiger partial charge in [-0.2, -0.15) is 0 Å². The van der Waals surface area contributed by atoms with Crippen molar-refractivity contribution in [2.75, 3.05) is 31.0 Å². The van der Waals surface area contributed by atoms with Crippen molar-refractivity contribution in [1.29, 1.82) is 0 Å². The van der Waals surface area contributed by atoms with Crippen LogP contribution in [0.4, 0.5) is 5.69 Å². The number of benzene rings is 2. The van der Waals surface area contributed by atoms with Gasteiger partial charge in [-0.25, -0.2) is 8.42 Å². The summed E-state index contributed by atoms with van der Waals surface area (Å²) >= 11 is 6.28. The zero-order valence-electron chi connectivity index (χ0n) is 17.5. The summed E-state index contributed by atoms with van der Waals surface area (Å²) in [6.45, 7) is 4.65. The first-order valence-electron chi connectivity index (χ1n) is 9.95. The van der Waals surface area contributed by atoms with E-state index < -0.39 is 10.0 Å². The molecule has 1 amide bonds. The van der Waals surface area contributed by atoms with Gasteiger partial charge in [-0.15, -0.1) is 0 Å². The standard InChI is InChI=1S/C22H27ClN2O4S/c1-16-7-10-20(29-3)21(13-16)30(27,28)25(18-9-8-17(2)19(23)14-18)15-22(26)24-11-5-4-6-12-24/h7-10,13-14H,4-6,11-12,15H2,1-3H3. The molecule has 1 aliphatic rings. The average Bonchev–Trinajstić information content (AvgIpc) is 2.74. The number of halogens is 1. The van der Waals surface area contributed by atoms with Gasteiger partial charge in [0, 0.05) is 18.1 Å². The van der Waals surface area contributed by atoms with Crippen molar-refractivity contribution in [1.82, 2.24) is 4.90 Å². The minimum atomic E-state index is -4.08. The Balaban J connectivity index is 2.07. The number of nitrogens with zero attached hydrogens (tertiary/aromatic N) is 2. The molecule has 0 N–H and O–H groups in total. The summed E-state index contributed by atoms with van der Waals surface area (Å²) in [7, 11) is -2.65. The molecule has 6 nitrogen and oxygen atoms in total. The van der Waals surface area contributed by atoms with E-state index in [4.69, 9.17) is 16.3 Å². The number of ether oxygens (including phenoxy) is 1. The van der Waals surface area contributed by atoms with Gasteiger partial charge < -0.3 is 9.64 Å². The number of carbonyl (C=O) groups is 1. The highest BCUT2D eigenvalue weighted by Gasteiger charge is 2.32. The smallest absolute Gasteiger partial charge is 0.268 e. The highest BCUT2D eigenvalue weighted by atomic mass is 35.5. The van der Waals surface area contributed by atoms with Crippen molar-refractivity contribution in [3.05, 3.63) is 52.5 Å². The molecule has 1 aliphatic heterocycles. The summed E-state index contributed by atoms with van der Waals surface area (Å²) < 4.78 is 33.9. The molecule has 8 heteroatoms. The number of amides is 1. The topological polar surface area (TPSA) is 66.9 Å². The first-order valence-corrected chi connectivity index (χ1v) is 11.8. The van der Waals surface area contributed by atoms with E-state index in [2.05, 4.69) is 0 Å². The summed E-state index contributed by atoms with van der Waals surface area (Å²) in [5.74, 6) is 0.0100. The van der Waals surface area contributed by atoms with Crippen molar-refractivity contribution in [2.24, 2.45) is 0 Å². The first kappa shape index (κ1) is 22.4. The Labute approximate surface area is 183 Å². The van der Waals surface area contributed by atoms with Gasteiger partial charge >= 0.3 is 0 Å². The first-order chi connectivity index (χ1) is 14.2. The Morgan fingerprint density at radius 2 is 1.80 bits per heavy atom. The van der Waals surface area contributed by atoms with Gasteiger partial charge in [0.15, 0.2) is 0 Å². The summed E-state index contributed by atoms with van der Waals surface area (Å²) in [5, 5.41) is 0.439. The second kappa shape index (κ2) is 9.27. The van der Waals surface area contributed by atoms with E-state index in [-0.39, 0.29) is 23.1 Å². The lowest BCUT2D eigenvalue weighted by Crippen LogP contribution is -2.45. The number of sulfonamides is 1. The molecular formula is C22H27ClN2O4S. The molecule has 1 fully saturated rings. The monoisotopic (exact) mass is 450 g/mol. The summed E-state index contributed by atoms with van der Waals surface area (Å²) in [5.41, 5.74) is 1.95. The van der Waals surface area contributed by atoms with E-state index in [9.17, 15) is 13.2 Å². The summed E-state index contributed by atoms with van der Waals surface area (Å²) in [6.07, 6.45) is 2.95. The molecule has 3 rings (SSSR count). The minimum absolute atomic E-state index is 0.0214. The fourth-order valence-corrected chi connectivity index (χ4v) is 5.35. The third-order valence-electron chi connectivity index (χ3n) is 5.32. The minimum Gasteiger partial charge on any atom is -0.495 e. The maximum atomic E-state index is 13.7. The lowest BCUT2D eigenvalue weighted by Gasteiger charge is -2.31. The predicted molar refractivity (Wildman–Crippen MR) is 119 cm³/mol. The molecule has 0 atom stereocenters. The second-order valence-corrected chi connectivity index (χ2v) is 9.78. The van der Waals surface area contributed by atoms with Gasteiger partial charge in [0.05, 0.1) is 12.8 Å². The molecular weight excluding hydrogens is 424 g/mol. The van der Waals surface area contributed by atoms with E-state index in [1.54, 1.807) is 41.3 Å². The van der Waals surface area contributed by atoms with E-state index in [0.717, 1.165) is 34.7 Å². The average molecular weight is 451 g/mol. The lowest BCUT2D eigenvalue weighted by atomic mass is 10.1. The van der Waals surface area contributed by atoms with Crippen LogP contribution in [-0.2, 0) is 14.8 Å². The number of anilines is 1. The zero-order chi connectivity index (χ0) is 21.9. The largest absolute Gasteiger partial charge is 0.495 e. The third-order valence-corrected chi connectivity index (χ3v) is 7.52. The highest BCUT2D eigenvalue weighted by Crippen LogP contribution is 2.32. The molecule has 0 spiro atoms. The van der Waals surface area contributed by atoms with Crippen molar-refractivity contribution in [3.63, 3.8) is 0 Å². The maximum absolute atomic E-state index is 13.7. The van der Waals surface area contributed by atoms with Crippen LogP contribution in [0.3, 0.4) is 0 Å². The molecule has 30 heavy (non-hydrogen) atoms.